The number of aromatic nitrogens is 1. The van der Waals surface area contributed by atoms with Gasteiger partial charge in [0, 0.05) is 42.3 Å². The summed E-state index contributed by atoms with van der Waals surface area (Å²) in [7, 11) is -2.16. The Morgan fingerprint density at radius 3 is 2.64 bits per heavy atom. The summed E-state index contributed by atoms with van der Waals surface area (Å²) in [4.78, 5) is 18.8. The van der Waals surface area contributed by atoms with Crippen LogP contribution in [0, 0.1) is 0 Å². The van der Waals surface area contributed by atoms with Gasteiger partial charge in [-0.15, -0.1) is 0 Å². The standard InChI is InChI=1S/C27H29N3O5S/c1-34-25-16-22(8-9-23(25)20-5-4-19-3-2-12-28-24(19)15-20)36(32,33)29-13-10-27(11-14-29)18-30(21-6-7-21)26(31)17-35-27/h2-5,8-9,12,15-16,21H,6-7,10-11,13-14,17-18H2,1H3. The van der Waals surface area contributed by atoms with Crippen LogP contribution in [0.4, 0.5) is 0 Å². The number of pyridine rings is 1. The topological polar surface area (TPSA) is 89.0 Å². The first-order valence-electron chi connectivity index (χ1n) is 12.4. The van der Waals surface area contributed by atoms with Crippen molar-refractivity contribution in [2.24, 2.45) is 0 Å². The minimum Gasteiger partial charge on any atom is -0.496 e. The highest BCUT2D eigenvalue weighted by Crippen LogP contribution is 2.38. The van der Waals surface area contributed by atoms with E-state index in [1.54, 1.807) is 31.5 Å². The maximum atomic E-state index is 13.5. The molecule has 1 spiro atoms. The molecule has 1 aromatic heterocycles. The van der Waals surface area contributed by atoms with Crippen molar-refractivity contribution in [1.82, 2.24) is 14.2 Å². The van der Waals surface area contributed by atoms with Gasteiger partial charge in [-0.2, -0.15) is 4.31 Å². The van der Waals surface area contributed by atoms with Crippen LogP contribution in [0.3, 0.4) is 0 Å². The monoisotopic (exact) mass is 507 g/mol. The van der Waals surface area contributed by atoms with E-state index in [0.29, 0.717) is 44.3 Å². The molecule has 1 saturated carbocycles. The van der Waals surface area contributed by atoms with Gasteiger partial charge in [0.15, 0.2) is 0 Å². The number of methoxy groups -OCH3 is 1. The Morgan fingerprint density at radius 2 is 1.89 bits per heavy atom. The van der Waals surface area contributed by atoms with Crippen LogP contribution in [0.25, 0.3) is 22.0 Å². The normalized spacial score (nSPS) is 20.7. The smallest absolute Gasteiger partial charge is 0.248 e. The summed E-state index contributed by atoms with van der Waals surface area (Å²) in [6, 6.07) is 15.2. The highest BCUT2D eigenvalue weighted by Gasteiger charge is 2.47. The van der Waals surface area contributed by atoms with Crippen molar-refractivity contribution in [2.75, 3.05) is 33.4 Å². The number of fused-ring (bicyclic) bond motifs is 1. The van der Waals surface area contributed by atoms with Gasteiger partial charge >= 0.3 is 0 Å². The molecule has 3 fully saturated rings. The maximum absolute atomic E-state index is 13.5. The second kappa shape index (κ2) is 8.83. The SMILES string of the molecule is COc1cc(S(=O)(=O)N2CCC3(CC2)CN(C2CC2)C(=O)CO3)ccc1-c1ccc2cccnc2c1. The Balaban J connectivity index is 1.22. The Morgan fingerprint density at radius 1 is 1.08 bits per heavy atom. The fourth-order valence-corrected chi connectivity index (χ4v) is 6.81. The number of hydrogen-bond donors (Lipinski definition) is 0. The molecule has 0 unspecified atom stereocenters. The number of hydrogen-bond acceptors (Lipinski definition) is 6. The highest BCUT2D eigenvalue weighted by atomic mass is 32.2. The molecule has 9 heteroatoms. The van der Waals surface area contributed by atoms with E-state index in [0.717, 1.165) is 34.9 Å². The molecule has 2 aliphatic heterocycles. The van der Waals surface area contributed by atoms with Crippen LogP contribution < -0.4 is 4.74 Å². The summed E-state index contributed by atoms with van der Waals surface area (Å²) in [5.41, 5.74) is 2.13. The third-order valence-corrected chi connectivity index (χ3v) is 9.52. The van der Waals surface area contributed by atoms with Gasteiger partial charge in [0.2, 0.25) is 15.9 Å². The molecule has 0 N–H and O–H groups in total. The lowest BCUT2D eigenvalue weighted by Crippen LogP contribution is -2.59. The molecule has 3 aromatic rings. The Bertz CT molecular complexity index is 1430. The van der Waals surface area contributed by atoms with Crippen LogP contribution >= 0.6 is 0 Å². The summed E-state index contributed by atoms with van der Waals surface area (Å²) in [6.07, 6.45) is 5.00. The molecule has 3 heterocycles. The zero-order valence-corrected chi connectivity index (χ0v) is 21.0. The van der Waals surface area contributed by atoms with Gasteiger partial charge in [0.25, 0.3) is 0 Å². The van der Waals surface area contributed by atoms with Crippen molar-refractivity contribution >= 4 is 26.8 Å². The van der Waals surface area contributed by atoms with Crippen molar-refractivity contribution in [3.05, 3.63) is 54.7 Å². The molecule has 36 heavy (non-hydrogen) atoms. The van der Waals surface area contributed by atoms with Gasteiger partial charge in [-0.25, -0.2) is 8.42 Å². The molecule has 188 valence electrons. The molecule has 0 atom stereocenters. The minimum atomic E-state index is -3.71. The first-order chi connectivity index (χ1) is 17.4. The van der Waals surface area contributed by atoms with Gasteiger partial charge in [0.1, 0.15) is 12.4 Å². The zero-order valence-electron chi connectivity index (χ0n) is 20.2. The van der Waals surface area contributed by atoms with Crippen LogP contribution in [-0.2, 0) is 19.6 Å². The van der Waals surface area contributed by atoms with Gasteiger partial charge in [0.05, 0.1) is 29.7 Å². The Hall–Kier alpha value is -3.01. The van der Waals surface area contributed by atoms with Gasteiger partial charge in [-0.3, -0.25) is 9.78 Å². The van der Waals surface area contributed by atoms with Crippen molar-refractivity contribution < 1.29 is 22.7 Å². The van der Waals surface area contributed by atoms with Crippen molar-refractivity contribution in [1.29, 1.82) is 0 Å². The largest absolute Gasteiger partial charge is 0.496 e. The van der Waals surface area contributed by atoms with E-state index >= 15 is 0 Å². The number of benzene rings is 2. The van der Waals surface area contributed by atoms with Crippen LogP contribution in [0.15, 0.2) is 59.6 Å². The third-order valence-electron chi connectivity index (χ3n) is 7.63. The van der Waals surface area contributed by atoms with Gasteiger partial charge in [-0.05, 0) is 55.5 Å². The number of ether oxygens (including phenoxy) is 2. The van der Waals surface area contributed by atoms with Gasteiger partial charge in [-0.1, -0.05) is 18.2 Å². The number of carbonyl (C=O) groups is 1. The predicted octanol–water partition coefficient (Wildman–Crippen LogP) is 3.45. The Labute approximate surface area is 210 Å². The summed E-state index contributed by atoms with van der Waals surface area (Å²) in [5, 5.41) is 1.04. The fraction of sp³-hybridized carbons (Fsp3) is 0.407. The molecule has 2 saturated heterocycles. The fourth-order valence-electron chi connectivity index (χ4n) is 5.35. The van der Waals surface area contributed by atoms with E-state index in [9.17, 15) is 13.2 Å². The van der Waals surface area contributed by atoms with E-state index in [1.165, 1.54) is 4.31 Å². The predicted molar refractivity (Wildman–Crippen MR) is 135 cm³/mol. The molecule has 0 bridgehead atoms. The third kappa shape index (κ3) is 4.15. The molecule has 6 rings (SSSR count). The summed E-state index contributed by atoms with van der Waals surface area (Å²) < 4.78 is 40.2. The molecule has 1 amide bonds. The van der Waals surface area contributed by atoms with Crippen LogP contribution in [0.1, 0.15) is 25.7 Å². The average Bonchev–Trinajstić information content (AvgIpc) is 3.75. The first-order valence-corrected chi connectivity index (χ1v) is 13.8. The van der Waals surface area contributed by atoms with E-state index in [4.69, 9.17) is 9.47 Å². The Kier molecular flexibility index (Phi) is 5.74. The van der Waals surface area contributed by atoms with Crippen LogP contribution in [-0.4, -0.2) is 73.5 Å². The van der Waals surface area contributed by atoms with E-state index in [2.05, 4.69) is 4.98 Å². The molecule has 2 aromatic carbocycles. The lowest BCUT2D eigenvalue weighted by molar-refractivity contribution is -0.170. The number of rotatable bonds is 5. The molecule has 3 aliphatic rings. The number of sulfonamides is 1. The molecule has 0 radical (unpaired) electrons. The lowest BCUT2D eigenvalue weighted by Gasteiger charge is -2.46. The maximum Gasteiger partial charge on any atom is 0.248 e. The molecule has 1 aliphatic carbocycles. The van der Waals surface area contributed by atoms with E-state index in [-0.39, 0.29) is 17.4 Å². The van der Waals surface area contributed by atoms with E-state index in [1.807, 2.05) is 35.2 Å². The molecular weight excluding hydrogens is 478 g/mol. The van der Waals surface area contributed by atoms with Crippen molar-refractivity contribution in [3.8, 4) is 16.9 Å². The van der Waals surface area contributed by atoms with Crippen LogP contribution in [0.2, 0.25) is 0 Å². The quantitative estimate of drug-likeness (QED) is 0.526. The van der Waals surface area contributed by atoms with Crippen LogP contribution in [0.5, 0.6) is 5.75 Å². The lowest BCUT2D eigenvalue weighted by atomic mass is 9.90. The number of carbonyl (C=O) groups excluding carboxylic acids is 1. The van der Waals surface area contributed by atoms with Crippen molar-refractivity contribution in [3.63, 3.8) is 0 Å². The summed E-state index contributed by atoms with van der Waals surface area (Å²) in [5.74, 6) is 0.543. The van der Waals surface area contributed by atoms with Crippen molar-refractivity contribution in [2.45, 2.75) is 42.2 Å². The number of amides is 1. The summed E-state index contributed by atoms with van der Waals surface area (Å²) >= 11 is 0. The number of nitrogens with zero attached hydrogens (tertiary/aromatic N) is 3. The minimum absolute atomic E-state index is 0.0487. The zero-order chi connectivity index (χ0) is 24.9. The highest BCUT2D eigenvalue weighted by molar-refractivity contribution is 7.89. The second-order valence-corrected chi connectivity index (χ2v) is 11.8. The second-order valence-electron chi connectivity index (χ2n) is 9.90. The summed E-state index contributed by atoms with van der Waals surface area (Å²) in [6.45, 7) is 1.37. The first kappa shape index (κ1) is 23.4. The molecule has 8 nitrogen and oxygen atoms in total. The number of morpholine rings is 1. The van der Waals surface area contributed by atoms with Gasteiger partial charge < -0.3 is 14.4 Å². The number of piperidine rings is 1. The molecular formula is C27H29N3O5S. The average molecular weight is 508 g/mol. The van der Waals surface area contributed by atoms with E-state index < -0.39 is 15.6 Å².